The van der Waals surface area contributed by atoms with Gasteiger partial charge >= 0.3 is 5.97 Å². The third-order valence-electron chi connectivity index (χ3n) is 6.61. The van der Waals surface area contributed by atoms with Crippen LogP contribution in [0.3, 0.4) is 0 Å². The van der Waals surface area contributed by atoms with E-state index in [1.807, 2.05) is 37.3 Å². The molecule has 1 saturated heterocycles. The van der Waals surface area contributed by atoms with Crippen LogP contribution in [0.25, 0.3) is 0 Å². The summed E-state index contributed by atoms with van der Waals surface area (Å²) < 4.78 is 10.7. The normalized spacial score (nSPS) is 14.9. The Balaban J connectivity index is 1.19. The highest BCUT2D eigenvalue weighted by atomic mass is 16.5. The molecule has 3 aromatic rings. The number of piperazine rings is 1. The Labute approximate surface area is 220 Å². The van der Waals surface area contributed by atoms with Crippen molar-refractivity contribution in [2.75, 3.05) is 49.2 Å². The molecule has 0 aromatic heterocycles. The number of hydrogen-bond donors (Lipinski definition) is 0. The van der Waals surface area contributed by atoms with Crippen molar-refractivity contribution in [3.05, 3.63) is 89.5 Å². The average molecular weight is 514 g/mol. The minimum Gasteiger partial charge on any atom is -0.494 e. The number of imide groups is 1. The van der Waals surface area contributed by atoms with Crippen molar-refractivity contribution >= 4 is 35.1 Å². The summed E-state index contributed by atoms with van der Waals surface area (Å²) in [4.78, 5) is 56.2. The number of benzene rings is 3. The lowest BCUT2D eigenvalue weighted by Crippen LogP contribution is -2.49. The molecule has 9 heteroatoms. The number of carbonyl (C=O) groups is 4. The maximum absolute atomic E-state index is 13.1. The van der Waals surface area contributed by atoms with Crippen LogP contribution in [-0.2, 0) is 9.53 Å². The van der Waals surface area contributed by atoms with Crippen LogP contribution in [0, 0.1) is 0 Å². The van der Waals surface area contributed by atoms with E-state index in [1.54, 1.807) is 29.2 Å². The number of amides is 3. The van der Waals surface area contributed by atoms with Crippen molar-refractivity contribution in [2.24, 2.45) is 0 Å². The lowest BCUT2D eigenvalue weighted by Gasteiger charge is -2.36. The molecule has 194 valence electrons. The quantitative estimate of drug-likeness (QED) is 0.353. The Morgan fingerprint density at radius 3 is 2.16 bits per heavy atom. The molecule has 9 nitrogen and oxygen atoms in total. The highest BCUT2D eigenvalue weighted by molar-refractivity contribution is 6.34. The van der Waals surface area contributed by atoms with Gasteiger partial charge in [0.15, 0.2) is 6.61 Å². The summed E-state index contributed by atoms with van der Waals surface area (Å²) in [5.74, 6) is -1.38. The van der Waals surface area contributed by atoms with E-state index in [0.29, 0.717) is 44.2 Å². The summed E-state index contributed by atoms with van der Waals surface area (Å²) in [6.07, 6.45) is 0. The Morgan fingerprint density at radius 1 is 0.789 bits per heavy atom. The first-order chi connectivity index (χ1) is 18.5. The first-order valence-electron chi connectivity index (χ1n) is 12.5. The SMILES string of the molecule is CCOc1ccc(N2C(=O)c3ccc(C(=O)OCC(=O)N4CCN(c5ccccc5)CC4)cc3C2=O)cc1. The summed E-state index contributed by atoms with van der Waals surface area (Å²) in [6, 6.07) is 20.8. The van der Waals surface area contributed by atoms with Gasteiger partial charge in [-0.25, -0.2) is 9.69 Å². The van der Waals surface area contributed by atoms with Crippen LogP contribution in [0.1, 0.15) is 38.0 Å². The van der Waals surface area contributed by atoms with Gasteiger partial charge in [-0.15, -0.1) is 0 Å². The van der Waals surface area contributed by atoms with E-state index in [4.69, 9.17) is 9.47 Å². The van der Waals surface area contributed by atoms with E-state index in [-0.39, 0.29) is 22.6 Å². The smallest absolute Gasteiger partial charge is 0.338 e. The zero-order valence-corrected chi connectivity index (χ0v) is 21.0. The van der Waals surface area contributed by atoms with Crippen LogP contribution >= 0.6 is 0 Å². The second-order valence-corrected chi connectivity index (χ2v) is 8.91. The van der Waals surface area contributed by atoms with Crippen molar-refractivity contribution in [3.63, 3.8) is 0 Å². The largest absolute Gasteiger partial charge is 0.494 e. The summed E-state index contributed by atoms with van der Waals surface area (Å²) in [7, 11) is 0. The Hall–Kier alpha value is -4.66. The Morgan fingerprint density at radius 2 is 1.47 bits per heavy atom. The molecule has 3 amide bonds. The van der Waals surface area contributed by atoms with Crippen LogP contribution in [0.4, 0.5) is 11.4 Å². The second-order valence-electron chi connectivity index (χ2n) is 8.91. The topological polar surface area (TPSA) is 96.5 Å². The van der Waals surface area contributed by atoms with Gasteiger partial charge in [0.05, 0.1) is 29.0 Å². The van der Waals surface area contributed by atoms with Crippen molar-refractivity contribution < 1.29 is 28.7 Å². The third kappa shape index (κ3) is 4.95. The fraction of sp³-hybridized carbons (Fsp3) is 0.241. The van der Waals surface area contributed by atoms with E-state index in [2.05, 4.69) is 4.90 Å². The summed E-state index contributed by atoms with van der Waals surface area (Å²) in [6.45, 7) is 4.41. The highest BCUT2D eigenvalue weighted by Crippen LogP contribution is 2.30. The standard InChI is InChI=1S/C29H27N3O6/c1-2-37-23-11-9-22(10-12-23)32-27(34)24-13-8-20(18-25(24)28(32)35)29(36)38-19-26(33)31-16-14-30(15-17-31)21-6-4-3-5-7-21/h3-13,18H,2,14-17,19H2,1H3. The second kappa shape index (κ2) is 10.8. The molecule has 0 unspecified atom stereocenters. The van der Waals surface area contributed by atoms with Gasteiger partial charge in [0, 0.05) is 31.9 Å². The van der Waals surface area contributed by atoms with Crippen molar-refractivity contribution in [3.8, 4) is 5.75 Å². The molecule has 3 aromatic carbocycles. The molecule has 0 atom stereocenters. The molecule has 38 heavy (non-hydrogen) atoms. The molecule has 5 rings (SSSR count). The number of esters is 1. The van der Waals surface area contributed by atoms with Crippen molar-refractivity contribution in [1.29, 1.82) is 0 Å². The molecule has 2 aliphatic heterocycles. The van der Waals surface area contributed by atoms with E-state index >= 15 is 0 Å². The number of ether oxygens (including phenoxy) is 2. The molecule has 0 spiro atoms. The molecule has 0 N–H and O–H groups in total. The molecule has 0 saturated carbocycles. The fourth-order valence-corrected chi connectivity index (χ4v) is 4.62. The fourth-order valence-electron chi connectivity index (χ4n) is 4.62. The van der Waals surface area contributed by atoms with Gasteiger partial charge in [-0.3, -0.25) is 14.4 Å². The summed E-state index contributed by atoms with van der Waals surface area (Å²) in [5, 5.41) is 0. The van der Waals surface area contributed by atoms with Crippen LogP contribution in [0.5, 0.6) is 5.75 Å². The lowest BCUT2D eigenvalue weighted by molar-refractivity contribution is -0.134. The average Bonchev–Trinajstić information content (AvgIpc) is 3.21. The molecule has 2 heterocycles. The van der Waals surface area contributed by atoms with E-state index in [9.17, 15) is 19.2 Å². The molecule has 0 bridgehead atoms. The van der Waals surface area contributed by atoms with Gasteiger partial charge in [-0.2, -0.15) is 0 Å². The molecule has 2 aliphatic rings. The van der Waals surface area contributed by atoms with E-state index < -0.39 is 24.4 Å². The van der Waals surface area contributed by atoms with Crippen molar-refractivity contribution in [1.82, 2.24) is 4.90 Å². The van der Waals surface area contributed by atoms with E-state index in [0.717, 1.165) is 10.6 Å². The van der Waals surface area contributed by atoms with Gasteiger partial charge in [-0.05, 0) is 61.5 Å². The maximum Gasteiger partial charge on any atom is 0.338 e. The lowest BCUT2D eigenvalue weighted by atomic mass is 10.1. The number of rotatable bonds is 7. The number of nitrogens with zero attached hydrogens (tertiary/aromatic N) is 3. The zero-order chi connectivity index (χ0) is 26.6. The Bertz CT molecular complexity index is 1360. The minimum atomic E-state index is -0.733. The first kappa shape index (κ1) is 25.0. The van der Waals surface area contributed by atoms with Crippen molar-refractivity contribution in [2.45, 2.75) is 6.92 Å². The number of anilines is 2. The minimum absolute atomic E-state index is 0.0974. The highest BCUT2D eigenvalue weighted by Gasteiger charge is 2.37. The Kier molecular flexibility index (Phi) is 7.08. The monoisotopic (exact) mass is 513 g/mol. The number of hydrogen-bond acceptors (Lipinski definition) is 7. The predicted molar refractivity (Wildman–Crippen MR) is 141 cm³/mol. The summed E-state index contributed by atoms with van der Waals surface area (Å²) >= 11 is 0. The molecular weight excluding hydrogens is 486 g/mol. The number of fused-ring (bicyclic) bond motifs is 1. The molecule has 0 aliphatic carbocycles. The molecule has 0 radical (unpaired) electrons. The third-order valence-corrected chi connectivity index (χ3v) is 6.61. The van der Waals surface area contributed by atoms with Gasteiger partial charge < -0.3 is 19.3 Å². The summed E-state index contributed by atoms with van der Waals surface area (Å²) in [5.41, 5.74) is 1.92. The molecule has 1 fully saturated rings. The van der Waals surface area contributed by atoms with Gasteiger partial charge in [0.1, 0.15) is 5.75 Å². The van der Waals surface area contributed by atoms with Crippen LogP contribution in [0.2, 0.25) is 0 Å². The van der Waals surface area contributed by atoms with Gasteiger partial charge in [0.2, 0.25) is 0 Å². The van der Waals surface area contributed by atoms with Crippen LogP contribution in [-0.4, -0.2) is 68.0 Å². The first-order valence-corrected chi connectivity index (χ1v) is 12.5. The number of para-hydroxylation sites is 1. The van der Waals surface area contributed by atoms with Crippen LogP contribution < -0.4 is 14.5 Å². The predicted octanol–water partition coefficient (Wildman–Crippen LogP) is 3.39. The number of carbonyl (C=O) groups excluding carboxylic acids is 4. The molecular formula is C29H27N3O6. The van der Waals surface area contributed by atoms with E-state index in [1.165, 1.54) is 18.2 Å². The van der Waals surface area contributed by atoms with Gasteiger partial charge in [0.25, 0.3) is 17.7 Å². The van der Waals surface area contributed by atoms with Gasteiger partial charge in [-0.1, -0.05) is 18.2 Å². The van der Waals surface area contributed by atoms with Crippen LogP contribution in [0.15, 0.2) is 72.8 Å². The maximum atomic E-state index is 13.1. The zero-order valence-electron chi connectivity index (χ0n) is 21.0.